The number of benzene rings is 4. The summed E-state index contributed by atoms with van der Waals surface area (Å²) in [6.07, 6.45) is 3.47. The second kappa shape index (κ2) is 15.6. The average molecular weight is 827 g/mol. The molecule has 56 heavy (non-hydrogen) atoms. The summed E-state index contributed by atoms with van der Waals surface area (Å²) in [5, 5.41) is 15.4. The molecule has 2 aliphatic heterocycles. The number of sulfone groups is 1. The number of imidazole rings is 1. The van der Waals surface area contributed by atoms with Gasteiger partial charge in [0.05, 0.1) is 58.3 Å². The van der Waals surface area contributed by atoms with E-state index in [1.807, 2.05) is 60.0 Å². The van der Waals surface area contributed by atoms with Crippen LogP contribution in [-0.2, 0) is 9.84 Å². The molecule has 8 rings (SSSR count). The quantitative estimate of drug-likeness (QED) is 0.157. The van der Waals surface area contributed by atoms with Crippen molar-refractivity contribution in [3.05, 3.63) is 123 Å². The number of nitrogens with one attached hydrogen (secondary N) is 2. The van der Waals surface area contributed by atoms with E-state index >= 15 is 0 Å². The van der Waals surface area contributed by atoms with Crippen LogP contribution in [0.25, 0.3) is 33.4 Å². The number of hydrogen-bond donors (Lipinski definition) is 2. The maximum Gasteiger partial charge on any atom is 0.272 e. The number of anilines is 2. The Labute approximate surface area is 340 Å². The van der Waals surface area contributed by atoms with Gasteiger partial charge < -0.3 is 19.8 Å². The molecule has 10 nitrogen and oxygen atoms in total. The number of carbonyl (C=O) groups excluding carboxylic acids is 1. The summed E-state index contributed by atoms with van der Waals surface area (Å²) in [5.41, 5.74) is 6.39. The molecule has 2 fully saturated rings. The molecule has 4 aromatic carbocycles. The van der Waals surface area contributed by atoms with Gasteiger partial charge in [-0.3, -0.25) is 9.69 Å². The molecular weight excluding hydrogens is 789 g/mol. The maximum absolute atomic E-state index is 14.8. The van der Waals surface area contributed by atoms with E-state index in [9.17, 15) is 18.5 Å². The third kappa shape index (κ3) is 7.52. The lowest BCUT2D eigenvalue weighted by molar-refractivity contribution is 0.102. The Hall–Kier alpha value is -4.83. The minimum Gasteiger partial charge on any atom is -0.370 e. The van der Waals surface area contributed by atoms with Crippen molar-refractivity contribution < 1.29 is 13.2 Å². The number of hydrogen-bond acceptors (Lipinski definition) is 7. The fourth-order valence-corrected chi connectivity index (χ4v) is 9.98. The summed E-state index contributed by atoms with van der Waals surface area (Å²) in [5.74, 6) is -0.0119. The highest BCUT2D eigenvalue weighted by Crippen LogP contribution is 2.43. The largest absolute Gasteiger partial charge is 0.370 e. The smallest absolute Gasteiger partial charge is 0.272 e. The molecule has 0 aliphatic carbocycles. The van der Waals surface area contributed by atoms with Gasteiger partial charge in [-0.05, 0) is 67.8 Å². The minimum atomic E-state index is -2.97. The maximum atomic E-state index is 14.8. The molecule has 14 heteroatoms. The zero-order valence-electron chi connectivity index (χ0n) is 30.5. The van der Waals surface area contributed by atoms with Crippen LogP contribution in [0.4, 0.5) is 11.4 Å². The van der Waals surface area contributed by atoms with Crippen LogP contribution in [0, 0.1) is 11.3 Å². The monoisotopic (exact) mass is 825 g/mol. The van der Waals surface area contributed by atoms with Crippen molar-refractivity contribution in [1.82, 2.24) is 19.4 Å². The lowest BCUT2D eigenvalue weighted by Gasteiger charge is -2.41. The number of nitriles is 1. The van der Waals surface area contributed by atoms with E-state index in [0.29, 0.717) is 80.7 Å². The normalized spacial score (nSPS) is 16.8. The van der Waals surface area contributed by atoms with Gasteiger partial charge >= 0.3 is 0 Å². The Bertz CT molecular complexity index is 2600. The lowest BCUT2D eigenvalue weighted by atomic mass is 9.99. The van der Waals surface area contributed by atoms with Crippen molar-refractivity contribution in [2.45, 2.75) is 31.8 Å². The van der Waals surface area contributed by atoms with Crippen LogP contribution in [-0.4, -0.2) is 77.5 Å². The predicted octanol–water partition coefficient (Wildman–Crippen LogP) is 9.09. The molecule has 6 aromatic rings. The molecule has 286 valence electrons. The van der Waals surface area contributed by atoms with E-state index in [0.717, 1.165) is 35.0 Å². The predicted molar refractivity (Wildman–Crippen MR) is 225 cm³/mol. The molecule has 2 N–H and O–H groups in total. The summed E-state index contributed by atoms with van der Waals surface area (Å²) in [4.78, 5) is 27.7. The van der Waals surface area contributed by atoms with Crippen molar-refractivity contribution in [3.8, 4) is 28.6 Å². The second-order valence-electron chi connectivity index (χ2n) is 14.3. The van der Waals surface area contributed by atoms with Gasteiger partial charge in [-0.1, -0.05) is 77.3 Å². The molecule has 1 amide bonds. The number of aromatic nitrogens is 3. The number of H-pyrrole nitrogens is 1. The number of fused-ring (bicyclic) bond motifs is 1. The fourth-order valence-electron chi connectivity index (χ4n) is 8.02. The van der Waals surface area contributed by atoms with Crippen LogP contribution in [0.1, 0.15) is 47.4 Å². The first-order valence-corrected chi connectivity index (χ1v) is 21.4. The summed E-state index contributed by atoms with van der Waals surface area (Å²) in [6.45, 7) is 4.56. The molecule has 1 atom stereocenters. The first-order chi connectivity index (χ1) is 27.0. The zero-order chi connectivity index (χ0) is 39.1. The lowest BCUT2D eigenvalue weighted by Crippen LogP contribution is -2.50. The van der Waals surface area contributed by atoms with Gasteiger partial charge in [0.25, 0.3) is 5.91 Å². The number of halogens is 3. The van der Waals surface area contributed by atoms with Gasteiger partial charge in [-0.2, -0.15) is 5.26 Å². The van der Waals surface area contributed by atoms with Crippen LogP contribution < -0.4 is 10.2 Å². The van der Waals surface area contributed by atoms with Gasteiger partial charge in [0.15, 0.2) is 9.84 Å². The van der Waals surface area contributed by atoms with Crippen LogP contribution >= 0.6 is 34.8 Å². The number of amides is 1. The number of aromatic amines is 1. The first-order valence-electron chi connectivity index (χ1n) is 18.4. The van der Waals surface area contributed by atoms with Crippen molar-refractivity contribution in [2.75, 3.05) is 47.9 Å². The average Bonchev–Trinajstić information content (AvgIpc) is 3.80. The number of carbonyl (C=O) groups is 1. The zero-order valence-corrected chi connectivity index (χ0v) is 33.6. The van der Waals surface area contributed by atoms with Crippen LogP contribution in [0.15, 0.2) is 91.3 Å². The minimum absolute atomic E-state index is 0.197. The molecule has 2 saturated heterocycles. The standard InChI is InChI=1S/C42H38Cl3N7O3S/c1-26(32-10-8-29(43)22-34(32)45)52-25-47-39(28-5-3-2-4-6-28)41(52)38-33-11-9-30(44)23-35(33)48-40(38)42(53)49-36-21-27(24-46)7-12-37(36)51-15-13-31(14-16-51)50-17-19-56(54,55)20-18-50/h2-12,21-23,25-26,31,48H,13-20H2,1H3,(H,49,53). The number of piperidine rings is 1. The molecule has 0 saturated carbocycles. The number of rotatable bonds is 8. The van der Waals surface area contributed by atoms with E-state index in [4.69, 9.17) is 39.8 Å². The molecule has 0 bridgehead atoms. The van der Waals surface area contributed by atoms with Crippen molar-refractivity contribution in [3.63, 3.8) is 0 Å². The Balaban J connectivity index is 1.19. The topological polar surface area (TPSA) is 127 Å². The van der Waals surface area contributed by atoms with E-state index in [-0.39, 0.29) is 23.6 Å². The van der Waals surface area contributed by atoms with Gasteiger partial charge in [0, 0.05) is 69.3 Å². The van der Waals surface area contributed by atoms with Gasteiger partial charge in [0.1, 0.15) is 5.69 Å². The molecule has 0 spiro atoms. The van der Waals surface area contributed by atoms with E-state index in [2.05, 4.69) is 26.2 Å². The third-order valence-electron chi connectivity index (χ3n) is 11.0. The highest BCUT2D eigenvalue weighted by atomic mass is 35.5. The summed E-state index contributed by atoms with van der Waals surface area (Å²) in [7, 11) is -2.97. The summed E-state index contributed by atoms with van der Waals surface area (Å²) >= 11 is 19.6. The van der Waals surface area contributed by atoms with Gasteiger partial charge in [0.2, 0.25) is 0 Å². The van der Waals surface area contributed by atoms with Gasteiger partial charge in [-0.25, -0.2) is 13.4 Å². The first kappa shape index (κ1) is 38.1. The molecule has 2 aliphatic rings. The molecule has 0 radical (unpaired) electrons. The summed E-state index contributed by atoms with van der Waals surface area (Å²) in [6, 6.07) is 28.2. The van der Waals surface area contributed by atoms with Gasteiger partial charge in [-0.15, -0.1) is 0 Å². The molecule has 4 heterocycles. The van der Waals surface area contributed by atoms with Crippen LogP contribution in [0.5, 0.6) is 0 Å². The highest BCUT2D eigenvalue weighted by molar-refractivity contribution is 7.91. The Morgan fingerprint density at radius 2 is 1.64 bits per heavy atom. The molecule has 2 aromatic heterocycles. The fraction of sp³-hybridized carbons (Fsp3) is 0.262. The Morgan fingerprint density at radius 1 is 0.929 bits per heavy atom. The van der Waals surface area contributed by atoms with Crippen LogP contribution in [0.2, 0.25) is 15.1 Å². The Morgan fingerprint density at radius 3 is 2.36 bits per heavy atom. The SMILES string of the molecule is CC(c1ccc(Cl)cc1Cl)n1cnc(-c2ccccc2)c1-c1c(C(=O)Nc2cc(C#N)ccc2N2CCC(N3CCS(=O)(=O)CC3)CC2)[nH]c2cc(Cl)ccc12. The van der Waals surface area contributed by atoms with Crippen molar-refractivity contribution in [1.29, 1.82) is 5.26 Å². The summed E-state index contributed by atoms with van der Waals surface area (Å²) < 4.78 is 26.1. The van der Waals surface area contributed by atoms with E-state index in [1.54, 1.807) is 42.7 Å². The van der Waals surface area contributed by atoms with Crippen LogP contribution in [0.3, 0.4) is 0 Å². The Kier molecular flexibility index (Phi) is 10.6. The van der Waals surface area contributed by atoms with E-state index < -0.39 is 15.7 Å². The molecule has 1 unspecified atom stereocenters. The molecular formula is C42H38Cl3N7O3S. The highest BCUT2D eigenvalue weighted by Gasteiger charge is 2.32. The third-order valence-corrected chi connectivity index (χ3v) is 13.4. The van der Waals surface area contributed by atoms with Crippen molar-refractivity contribution >= 4 is 72.8 Å². The number of nitrogens with zero attached hydrogens (tertiary/aromatic N) is 5. The van der Waals surface area contributed by atoms with E-state index in [1.165, 1.54) is 0 Å². The van der Waals surface area contributed by atoms with Crippen molar-refractivity contribution in [2.24, 2.45) is 0 Å². The second-order valence-corrected chi connectivity index (χ2v) is 17.9.